The second-order valence-electron chi connectivity index (χ2n) is 9.97. The quantitative estimate of drug-likeness (QED) is 0.181. The Hall–Kier alpha value is -4.02. The third kappa shape index (κ3) is 5.57. The molecular weight excluding hydrogens is 504 g/mol. The average molecular weight is 535 g/mol. The molecule has 4 aromatic carbocycles. The molecule has 0 radical (unpaired) electrons. The van der Waals surface area contributed by atoms with E-state index in [1.165, 1.54) is 16.8 Å². The van der Waals surface area contributed by atoms with Gasteiger partial charge in [0.2, 0.25) is 0 Å². The first kappa shape index (κ1) is 25.3. The van der Waals surface area contributed by atoms with Crippen molar-refractivity contribution >= 4 is 29.2 Å². The van der Waals surface area contributed by atoms with Gasteiger partial charge in [0.15, 0.2) is 11.5 Å². The van der Waals surface area contributed by atoms with Crippen LogP contribution in [0.15, 0.2) is 108 Å². The molecule has 4 aromatic rings. The second kappa shape index (κ2) is 11.4. The zero-order chi connectivity index (χ0) is 26.6. The molecule has 6 rings (SSSR count). The average Bonchev–Trinajstić information content (AvgIpc) is 3.47. The molecule has 0 saturated carbocycles. The Morgan fingerprint density at radius 3 is 2.56 bits per heavy atom. The number of rotatable bonds is 8. The van der Waals surface area contributed by atoms with Crippen molar-refractivity contribution < 1.29 is 9.47 Å². The fourth-order valence-electron chi connectivity index (χ4n) is 5.52. The number of ether oxygens (including phenoxy) is 2. The number of hydrogen-bond donors (Lipinski definition) is 1. The molecule has 4 nitrogen and oxygen atoms in total. The number of para-hydroxylation sites is 1. The van der Waals surface area contributed by atoms with Gasteiger partial charge in [-0.15, -0.1) is 0 Å². The van der Waals surface area contributed by atoms with E-state index in [4.69, 9.17) is 26.1 Å². The van der Waals surface area contributed by atoms with Crippen molar-refractivity contribution in [1.29, 1.82) is 0 Å². The Kier molecular flexibility index (Phi) is 7.38. The summed E-state index contributed by atoms with van der Waals surface area (Å²) < 4.78 is 11.9. The maximum absolute atomic E-state index is 6.03. The Bertz CT molecular complexity index is 1490. The van der Waals surface area contributed by atoms with Crippen LogP contribution in [0.2, 0.25) is 5.02 Å². The van der Waals surface area contributed by atoms with E-state index in [-0.39, 0.29) is 6.04 Å². The van der Waals surface area contributed by atoms with E-state index in [2.05, 4.69) is 66.0 Å². The maximum atomic E-state index is 6.03. The van der Waals surface area contributed by atoms with Crippen LogP contribution in [0.25, 0.3) is 0 Å². The number of halogens is 1. The number of nitrogens with one attached hydrogen (secondary N) is 1. The van der Waals surface area contributed by atoms with Gasteiger partial charge in [0, 0.05) is 22.8 Å². The van der Waals surface area contributed by atoms with Crippen LogP contribution in [0.3, 0.4) is 0 Å². The van der Waals surface area contributed by atoms with Crippen LogP contribution in [-0.4, -0.2) is 12.8 Å². The molecular formula is C34H31ClN2O2. The monoisotopic (exact) mass is 534 g/mol. The van der Waals surface area contributed by atoms with Crippen molar-refractivity contribution in [2.24, 2.45) is 10.9 Å². The number of nitrogens with zero attached hydrogens (tertiary/aromatic N) is 1. The van der Waals surface area contributed by atoms with Gasteiger partial charge in [0.25, 0.3) is 0 Å². The summed E-state index contributed by atoms with van der Waals surface area (Å²) in [6.07, 6.45) is 7.67. The molecule has 196 valence electrons. The third-order valence-electron chi connectivity index (χ3n) is 7.46. The van der Waals surface area contributed by atoms with Gasteiger partial charge in [-0.05, 0) is 90.0 Å². The second-order valence-corrected chi connectivity index (χ2v) is 10.4. The summed E-state index contributed by atoms with van der Waals surface area (Å²) in [5.74, 6) is 2.41. The van der Waals surface area contributed by atoms with Gasteiger partial charge in [-0.2, -0.15) is 0 Å². The number of anilines is 1. The van der Waals surface area contributed by atoms with Gasteiger partial charge >= 0.3 is 0 Å². The lowest BCUT2D eigenvalue weighted by Crippen LogP contribution is -2.28. The van der Waals surface area contributed by atoms with E-state index in [1.807, 2.05) is 55.6 Å². The molecule has 3 atom stereocenters. The number of benzene rings is 4. The number of fused-ring (bicyclic) bond motifs is 3. The minimum Gasteiger partial charge on any atom is -0.490 e. The van der Waals surface area contributed by atoms with Crippen molar-refractivity contribution in [1.82, 2.24) is 0 Å². The van der Waals surface area contributed by atoms with Gasteiger partial charge in [0.05, 0.1) is 18.3 Å². The highest BCUT2D eigenvalue weighted by Crippen LogP contribution is 2.49. The molecule has 0 unspecified atom stereocenters. The molecule has 1 heterocycles. The lowest BCUT2D eigenvalue weighted by Gasteiger charge is -2.37. The molecule has 0 fully saturated rings. The Morgan fingerprint density at radius 2 is 1.74 bits per heavy atom. The van der Waals surface area contributed by atoms with Crippen molar-refractivity contribution in [2.45, 2.75) is 31.9 Å². The molecule has 39 heavy (non-hydrogen) atoms. The van der Waals surface area contributed by atoms with E-state index in [9.17, 15) is 0 Å². The Morgan fingerprint density at radius 1 is 0.923 bits per heavy atom. The summed E-state index contributed by atoms with van der Waals surface area (Å²) in [4.78, 5) is 4.73. The lowest BCUT2D eigenvalue weighted by atomic mass is 9.77. The highest BCUT2D eigenvalue weighted by atomic mass is 35.5. The van der Waals surface area contributed by atoms with Gasteiger partial charge in [-0.3, -0.25) is 4.99 Å². The van der Waals surface area contributed by atoms with Crippen molar-refractivity contribution in [2.75, 3.05) is 11.9 Å². The summed E-state index contributed by atoms with van der Waals surface area (Å²) in [6.45, 7) is 2.96. The van der Waals surface area contributed by atoms with E-state index in [0.29, 0.717) is 41.6 Å². The molecule has 0 spiro atoms. The molecule has 0 aromatic heterocycles. The van der Waals surface area contributed by atoms with E-state index >= 15 is 0 Å². The van der Waals surface area contributed by atoms with Crippen LogP contribution in [0.1, 0.15) is 47.6 Å². The van der Waals surface area contributed by atoms with Crippen molar-refractivity contribution in [3.63, 3.8) is 0 Å². The molecule has 1 aliphatic carbocycles. The van der Waals surface area contributed by atoms with Crippen LogP contribution < -0.4 is 14.8 Å². The summed E-state index contributed by atoms with van der Waals surface area (Å²) in [6, 6.07) is 31.1. The molecule has 1 N–H and O–H groups in total. The molecule has 0 saturated heterocycles. The molecule has 1 aliphatic heterocycles. The predicted octanol–water partition coefficient (Wildman–Crippen LogP) is 8.89. The van der Waals surface area contributed by atoms with Crippen molar-refractivity contribution in [3.8, 4) is 11.5 Å². The van der Waals surface area contributed by atoms with E-state index in [1.54, 1.807) is 0 Å². The first-order valence-corrected chi connectivity index (χ1v) is 13.9. The van der Waals surface area contributed by atoms with Gasteiger partial charge in [-0.25, -0.2) is 0 Å². The highest BCUT2D eigenvalue weighted by Gasteiger charge is 2.37. The SMILES string of the molecule is CCOc1cc(C=Nc2ccc([C@@H]3Nc4ccccc4[C@@H]4C=CC[C@H]43)cc2)ccc1OCc1ccc(Cl)cc1. The highest BCUT2D eigenvalue weighted by molar-refractivity contribution is 6.30. The predicted molar refractivity (Wildman–Crippen MR) is 160 cm³/mol. The first-order chi connectivity index (χ1) is 19.2. The lowest BCUT2D eigenvalue weighted by molar-refractivity contribution is 0.269. The topological polar surface area (TPSA) is 42.8 Å². The first-order valence-electron chi connectivity index (χ1n) is 13.5. The molecule has 0 amide bonds. The Balaban J connectivity index is 1.15. The molecule has 5 heteroatoms. The largest absolute Gasteiger partial charge is 0.490 e. The van der Waals surface area contributed by atoms with Crippen LogP contribution in [0.5, 0.6) is 11.5 Å². The summed E-state index contributed by atoms with van der Waals surface area (Å²) in [5, 5.41) is 4.51. The summed E-state index contributed by atoms with van der Waals surface area (Å²) in [5.41, 5.74) is 6.85. The number of aliphatic imine (C=N–C) groups is 1. The number of allylic oxidation sites excluding steroid dienone is 2. The van der Waals surface area contributed by atoms with Gasteiger partial charge in [-0.1, -0.05) is 66.2 Å². The smallest absolute Gasteiger partial charge is 0.161 e. The Labute approximate surface area is 235 Å². The van der Waals surface area contributed by atoms with Gasteiger partial charge < -0.3 is 14.8 Å². The van der Waals surface area contributed by atoms with Crippen LogP contribution in [-0.2, 0) is 6.61 Å². The van der Waals surface area contributed by atoms with Gasteiger partial charge in [0.1, 0.15) is 6.61 Å². The van der Waals surface area contributed by atoms with Crippen LogP contribution >= 0.6 is 11.6 Å². The normalized spacial score (nSPS) is 19.4. The van der Waals surface area contributed by atoms with E-state index in [0.717, 1.165) is 23.2 Å². The molecule has 0 bridgehead atoms. The fraction of sp³-hybridized carbons (Fsp3) is 0.206. The van der Waals surface area contributed by atoms with Crippen LogP contribution in [0, 0.1) is 5.92 Å². The summed E-state index contributed by atoms with van der Waals surface area (Å²) in [7, 11) is 0. The maximum Gasteiger partial charge on any atom is 0.161 e. The van der Waals surface area contributed by atoms with Crippen molar-refractivity contribution in [3.05, 3.63) is 130 Å². The molecule has 2 aliphatic rings. The minimum atomic E-state index is 0.284. The van der Waals surface area contributed by atoms with E-state index < -0.39 is 0 Å². The summed E-state index contributed by atoms with van der Waals surface area (Å²) >= 11 is 5.99. The minimum absolute atomic E-state index is 0.284. The standard InChI is InChI=1S/C34H31ClN2O2/c1-2-38-33-20-24(12-19-32(33)39-22-23-10-15-26(35)16-11-23)21-36-27-17-13-25(14-18-27)34-30-8-5-7-28(30)29-6-3-4-9-31(29)37-34/h3-7,9-21,28,30,34,37H,2,8,22H2,1H3/t28-,30+,34-/m0/s1. The van der Waals surface area contributed by atoms with Crippen LogP contribution in [0.4, 0.5) is 11.4 Å². The third-order valence-corrected chi connectivity index (χ3v) is 7.71. The number of hydrogen-bond acceptors (Lipinski definition) is 4. The fourth-order valence-corrected chi connectivity index (χ4v) is 5.65. The zero-order valence-electron chi connectivity index (χ0n) is 21.9. The zero-order valence-corrected chi connectivity index (χ0v) is 22.6.